The Bertz CT molecular complexity index is 1800. The average molecular weight is 477 g/mol. The van der Waals surface area contributed by atoms with Crippen molar-refractivity contribution in [3.63, 3.8) is 0 Å². The molecule has 2 heteroatoms. The van der Waals surface area contributed by atoms with Gasteiger partial charge in [0.25, 0.3) is 0 Å². The summed E-state index contributed by atoms with van der Waals surface area (Å²) in [5, 5.41) is 8.58. The van der Waals surface area contributed by atoms with Crippen LogP contribution in [-0.2, 0) is 0 Å². The molecule has 1 N–H and O–H groups in total. The molecule has 0 unspecified atom stereocenters. The van der Waals surface area contributed by atoms with Gasteiger partial charge in [0.15, 0.2) is 0 Å². The summed E-state index contributed by atoms with van der Waals surface area (Å²) >= 11 is 0. The number of fused-ring (bicyclic) bond motifs is 4. The lowest BCUT2D eigenvalue weighted by Gasteiger charge is -2.10. The lowest BCUT2D eigenvalue weighted by molar-refractivity contribution is 1.20. The molecule has 0 saturated heterocycles. The van der Waals surface area contributed by atoms with Crippen molar-refractivity contribution in [2.75, 3.05) is 5.32 Å². The normalized spacial score (nSPS) is 12.1. The fourth-order valence-corrected chi connectivity index (χ4v) is 5.05. The first-order chi connectivity index (χ1) is 18.2. The highest BCUT2D eigenvalue weighted by molar-refractivity contribution is 6.15. The Hall–Kier alpha value is -4.82. The quantitative estimate of drug-likeness (QED) is 0.237. The second-order valence-corrected chi connectivity index (χ2v) is 9.28. The van der Waals surface area contributed by atoms with E-state index in [2.05, 4.69) is 133 Å². The minimum Gasteiger partial charge on any atom is -0.356 e. The van der Waals surface area contributed by atoms with E-state index >= 15 is 0 Å². The maximum absolute atomic E-state index is 3.79. The zero-order valence-electron chi connectivity index (χ0n) is 20.9. The van der Waals surface area contributed by atoms with Gasteiger partial charge in [0, 0.05) is 27.8 Å². The fourth-order valence-electron chi connectivity index (χ4n) is 5.05. The number of anilines is 2. The van der Waals surface area contributed by atoms with Crippen molar-refractivity contribution in [2.24, 2.45) is 0 Å². The van der Waals surface area contributed by atoms with Crippen LogP contribution in [-0.4, -0.2) is 4.57 Å². The number of rotatable bonds is 6. The van der Waals surface area contributed by atoms with Crippen molar-refractivity contribution in [2.45, 2.75) is 6.92 Å². The smallest absolute Gasteiger partial charge is 0.0544 e. The van der Waals surface area contributed by atoms with Gasteiger partial charge in [0.05, 0.1) is 11.0 Å². The first-order valence-electron chi connectivity index (χ1n) is 12.6. The summed E-state index contributed by atoms with van der Waals surface area (Å²) in [5.74, 6) is 0. The topological polar surface area (TPSA) is 17.0 Å². The van der Waals surface area contributed by atoms with E-state index in [-0.39, 0.29) is 0 Å². The molecule has 0 saturated carbocycles. The molecule has 0 fully saturated rings. The van der Waals surface area contributed by atoms with Crippen LogP contribution in [0.4, 0.5) is 11.4 Å². The van der Waals surface area contributed by atoms with Gasteiger partial charge in [-0.25, -0.2) is 0 Å². The van der Waals surface area contributed by atoms with Gasteiger partial charge in [0.2, 0.25) is 0 Å². The monoisotopic (exact) mass is 476 g/mol. The molecule has 0 spiro atoms. The molecule has 1 heterocycles. The first-order valence-corrected chi connectivity index (χ1v) is 12.6. The molecular formula is C35H28N2. The summed E-state index contributed by atoms with van der Waals surface area (Å²) in [7, 11) is 0. The highest BCUT2D eigenvalue weighted by atomic mass is 15.0. The number of allylic oxidation sites excluding steroid dienone is 5. The third-order valence-corrected chi connectivity index (χ3v) is 6.85. The Morgan fingerprint density at radius 1 is 0.649 bits per heavy atom. The molecule has 6 aromatic rings. The van der Waals surface area contributed by atoms with E-state index in [1.165, 1.54) is 43.7 Å². The van der Waals surface area contributed by atoms with Crippen LogP contribution in [0, 0.1) is 0 Å². The number of benzene rings is 5. The number of hydrogen-bond donors (Lipinski definition) is 1. The second-order valence-electron chi connectivity index (χ2n) is 9.28. The molecule has 37 heavy (non-hydrogen) atoms. The van der Waals surface area contributed by atoms with Crippen LogP contribution in [0.2, 0.25) is 0 Å². The third kappa shape index (κ3) is 4.34. The van der Waals surface area contributed by atoms with E-state index in [1.54, 1.807) is 6.08 Å². The van der Waals surface area contributed by atoms with Crippen LogP contribution in [0.3, 0.4) is 0 Å². The Labute approximate surface area is 217 Å². The van der Waals surface area contributed by atoms with E-state index in [1.807, 2.05) is 18.2 Å². The third-order valence-electron chi connectivity index (χ3n) is 6.85. The van der Waals surface area contributed by atoms with Crippen LogP contribution in [0.5, 0.6) is 0 Å². The van der Waals surface area contributed by atoms with Gasteiger partial charge in [-0.1, -0.05) is 91.5 Å². The van der Waals surface area contributed by atoms with Crippen molar-refractivity contribution in [1.82, 2.24) is 4.57 Å². The molecule has 6 rings (SSSR count). The average Bonchev–Trinajstić information content (AvgIpc) is 3.25. The Kier molecular flexibility index (Phi) is 5.92. The minimum atomic E-state index is 1.07. The molecule has 0 amide bonds. The van der Waals surface area contributed by atoms with E-state index < -0.39 is 0 Å². The number of aromatic nitrogens is 1. The summed E-state index contributed by atoms with van der Waals surface area (Å²) in [4.78, 5) is 0. The molecule has 0 radical (unpaired) electrons. The number of nitrogens with zero attached hydrogens (tertiary/aromatic N) is 1. The Balaban J connectivity index is 1.45. The molecule has 2 nitrogen and oxygen atoms in total. The van der Waals surface area contributed by atoms with Gasteiger partial charge in [-0.05, 0) is 77.4 Å². The van der Waals surface area contributed by atoms with E-state index in [4.69, 9.17) is 0 Å². The largest absolute Gasteiger partial charge is 0.356 e. The van der Waals surface area contributed by atoms with Gasteiger partial charge in [0.1, 0.15) is 0 Å². The maximum Gasteiger partial charge on any atom is 0.0544 e. The highest BCUT2D eigenvalue weighted by Gasteiger charge is 2.14. The highest BCUT2D eigenvalue weighted by Crippen LogP contribution is 2.36. The van der Waals surface area contributed by atoms with Crippen LogP contribution >= 0.6 is 0 Å². The molecule has 0 bridgehead atoms. The van der Waals surface area contributed by atoms with Crippen molar-refractivity contribution in [3.8, 4) is 11.1 Å². The zero-order chi connectivity index (χ0) is 25.2. The van der Waals surface area contributed by atoms with Gasteiger partial charge >= 0.3 is 0 Å². The lowest BCUT2D eigenvalue weighted by atomic mass is 10.1. The molecule has 0 aliphatic heterocycles. The minimum absolute atomic E-state index is 1.07. The molecule has 0 aliphatic rings. The molecule has 178 valence electrons. The zero-order valence-corrected chi connectivity index (χ0v) is 20.9. The Morgan fingerprint density at radius 2 is 1.30 bits per heavy atom. The van der Waals surface area contributed by atoms with E-state index in [9.17, 15) is 0 Å². The molecular weight excluding hydrogens is 448 g/mol. The summed E-state index contributed by atoms with van der Waals surface area (Å²) in [6, 6.07) is 38.9. The summed E-state index contributed by atoms with van der Waals surface area (Å²) in [6.07, 6.45) is 7.93. The van der Waals surface area contributed by atoms with Gasteiger partial charge < -0.3 is 9.88 Å². The van der Waals surface area contributed by atoms with Crippen LogP contribution in [0.1, 0.15) is 6.92 Å². The summed E-state index contributed by atoms with van der Waals surface area (Å²) < 4.78 is 2.35. The van der Waals surface area contributed by atoms with Gasteiger partial charge in [-0.3, -0.25) is 0 Å². The van der Waals surface area contributed by atoms with Gasteiger partial charge in [-0.2, -0.15) is 0 Å². The predicted octanol–water partition coefficient (Wildman–Crippen LogP) is 9.96. The number of nitrogens with one attached hydrogen (secondary N) is 1. The van der Waals surface area contributed by atoms with Crippen molar-refractivity contribution in [3.05, 3.63) is 140 Å². The van der Waals surface area contributed by atoms with Crippen molar-refractivity contribution < 1.29 is 0 Å². The standard InChI is InChI=1S/C35H28N2/c1-3-4-6-11-25(2)37-34-21-20-31(36-30-18-16-27(17-19-30)26-12-7-5-8-13-26)24-33(34)32-22-28-14-9-10-15-29(28)23-35(32)37/h3-24,36H,1H2,2H3/b6-4-,25-11+. The summed E-state index contributed by atoms with van der Waals surface area (Å²) in [6.45, 7) is 5.94. The fraction of sp³-hybridized carbons (Fsp3) is 0.0286. The van der Waals surface area contributed by atoms with Crippen LogP contribution in [0.25, 0.3) is 49.4 Å². The molecule has 1 aromatic heterocycles. The predicted molar refractivity (Wildman–Crippen MR) is 161 cm³/mol. The molecule has 5 aromatic carbocycles. The maximum atomic E-state index is 3.79. The number of hydrogen-bond acceptors (Lipinski definition) is 1. The van der Waals surface area contributed by atoms with E-state index in [0.29, 0.717) is 0 Å². The summed E-state index contributed by atoms with van der Waals surface area (Å²) in [5.41, 5.74) is 8.13. The Morgan fingerprint density at radius 3 is 2.05 bits per heavy atom. The second kappa shape index (κ2) is 9.67. The SMILES string of the molecule is C=C/C=C\C=C(/C)n1c2ccc(Nc3ccc(-c4ccccc4)cc3)cc2c2cc3ccccc3cc21. The van der Waals surface area contributed by atoms with Crippen LogP contribution < -0.4 is 5.32 Å². The van der Waals surface area contributed by atoms with Crippen molar-refractivity contribution >= 4 is 49.7 Å². The van der Waals surface area contributed by atoms with Crippen molar-refractivity contribution in [1.29, 1.82) is 0 Å². The van der Waals surface area contributed by atoms with Gasteiger partial charge in [-0.15, -0.1) is 0 Å². The van der Waals surface area contributed by atoms with E-state index in [0.717, 1.165) is 17.1 Å². The van der Waals surface area contributed by atoms with Crippen LogP contribution in [0.15, 0.2) is 140 Å². The molecule has 0 aliphatic carbocycles. The molecule has 0 atom stereocenters. The first kappa shape index (κ1) is 22.6. The lowest BCUT2D eigenvalue weighted by Crippen LogP contribution is -1.94.